The molecule has 8 heteroatoms. The van der Waals surface area contributed by atoms with Gasteiger partial charge in [0, 0.05) is 17.8 Å². The van der Waals surface area contributed by atoms with Gasteiger partial charge in [-0.2, -0.15) is 0 Å². The van der Waals surface area contributed by atoms with Crippen molar-refractivity contribution in [1.29, 1.82) is 0 Å². The zero-order valence-electron chi connectivity index (χ0n) is 17.4. The molecule has 2 heterocycles. The number of carboxylic acids is 1. The Balaban J connectivity index is 1.49. The highest BCUT2D eigenvalue weighted by atomic mass is 32.1. The molecule has 164 valence electrons. The number of aryl methyl sites for hydroxylation is 3. The average molecular weight is 452 g/mol. The predicted octanol–water partition coefficient (Wildman–Crippen LogP) is 4.94. The molecule has 0 aliphatic heterocycles. The third kappa shape index (κ3) is 5.20. The molecule has 0 amide bonds. The summed E-state index contributed by atoms with van der Waals surface area (Å²) in [6.45, 7) is 2.21. The summed E-state index contributed by atoms with van der Waals surface area (Å²) in [4.78, 5) is 20.5. The van der Waals surface area contributed by atoms with E-state index in [0.717, 1.165) is 16.3 Å². The Bertz CT molecular complexity index is 1190. The number of aromatic nitrogens is 3. The first-order chi connectivity index (χ1) is 15.5. The number of hydrogen-bond acceptors (Lipinski definition) is 5. The van der Waals surface area contributed by atoms with Gasteiger partial charge in [-0.05, 0) is 55.2 Å². The molecule has 0 aliphatic rings. The van der Waals surface area contributed by atoms with Gasteiger partial charge >= 0.3 is 5.97 Å². The third-order valence-electron chi connectivity index (χ3n) is 5.14. The number of hydrogen-bond donors (Lipinski definition) is 1. The zero-order valence-corrected chi connectivity index (χ0v) is 18.3. The van der Waals surface area contributed by atoms with Crippen molar-refractivity contribution in [2.45, 2.75) is 25.8 Å². The largest absolute Gasteiger partial charge is 0.491 e. The molecule has 0 bridgehead atoms. The van der Waals surface area contributed by atoms with Crippen LogP contribution in [0.3, 0.4) is 0 Å². The molecular formula is C24H22FN3O3S. The topological polar surface area (TPSA) is 77.2 Å². The minimum absolute atomic E-state index is 0.164. The van der Waals surface area contributed by atoms with Crippen molar-refractivity contribution in [3.63, 3.8) is 0 Å². The summed E-state index contributed by atoms with van der Waals surface area (Å²) in [6, 6.07) is 11.2. The van der Waals surface area contributed by atoms with Gasteiger partial charge < -0.3 is 14.4 Å². The van der Waals surface area contributed by atoms with Crippen LogP contribution in [0, 0.1) is 12.7 Å². The first-order valence-corrected chi connectivity index (χ1v) is 11.0. The summed E-state index contributed by atoms with van der Waals surface area (Å²) in [7, 11) is 0. The molecule has 1 N–H and O–H groups in total. The van der Waals surface area contributed by atoms with E-state index in [2.05, 4.69) is 9.97 Å². The summed E-state index contributed by atoms with van der Waals surface area (Å²) >= 11 is 1.53. The molecule has 2 aromatic carbocycles. The van der Waals surface area contributed by atoms with Crippen LogP contribution in [-0.4, -0.2) is 32.2 Å². The van der Waals surface area contributed by atoms with Gasteiger partial charge in [-0.25, -0.2) is 19.2 Å². The van der Waals surface area contributed by atoms with E-state index in [1.807, 2.05) is 23.1 Å². The number of carbonyl (C=O) groups is 1. The summed E-state index contributed by atoms with van der Waals surface area (Å²) in [5.74, 6) is -0.819. The van der Waals surface area contributed by atoms with Crippen LogP contribution in [0.1, 0.15) is 38.2 Å². The monoisotopic (exact) mass is 451 g/mol. The van der Waals surface area contributed by atoms with Gasteiger partial charge in [0.25, 0.3) is 0 Å². The van der Waals surface area contributed by atoms with Crippen molar-refractivity contribution in [1.82, 2.24) is 14.5 Å². The Morgan fingerprint density at radius 2 is 2.00 bits per heavy atom. The van der Waals surface area contributed by atoms with E-state index in [9.17, 15) is 14.3 Å². The third-order valence-corrected chi connectivity index (χ3v) is 6.02. The van der Waals surface area contributed by atoms with Gasteiger partial charge in [0.2, 0.25) is 0 Å². The lowest BCUT2D eigenvalue weighted by Crippen LogP contribution is -2.17. The van der Waals surface area contributed by atoms with Crippen molar-refractivity contribution in [2.24, 2.45) is 0 Å². The van der Waals surface area contributed by atoms with Crippen LogP contribution in [0.2, 0.25) is 0 Å². The number of aromatic carboxylic acids is 1. The maximum Gasteiger partial charge on any atom is 0.336 e. The number of imidazole rings is 1. The molecule has 32 heavy (non-hydrogen) atoms. The van der Waals surface area contributed by atoms with Crippen LogP contribution < -0.4 is 4.74 Å². The molecule has 6 nitrogen and oxygen atoms in total. The van der Waals surface area contributed by atoms with Crippen molar-refractivity contribution in [3.05, 3.63) is 99.8 Å². The number of rotatable bonds is 9. The Morgan fingerprint density at radius 3 is 2.66 bits per heavy atom. The molecule has 0 aliphatic carbocycles. The van der Waals surface area contributed by atoms with Crippen LogP contribution >= 0.6 is 11.3 Å². The van der Waals surface area contributed by atoms with Gasteiger partial charge in [-0.1, -0.05) is 18.2 Å². The number of halogens is 1. The number of ether oxygens (including phenoxy) is 1. The standard InChI is InChI=1S/C24H22FN3O3S/c1-16-13-28(15-27-16)22(23-26-10-11-32-23)14-31-20-9-6-18(21(12-20)24(29)30)5-2-17-3-7-19(25)8-4-17/h3-4,6-13,15,22H,2,5,14H2,1H3,(H,29,30). The zero-order chi connectivity index (χ0) is 22.5. The van der Waals surface area contributed by atoms with E-state index in [4.69, 9.17) is 4.74 Å². The highest BCUT2D eigenvalue weighted by Crippen LogP contribution is 2.25. The van der Waals surface area contributed by atoms with Crippen LogP contribution in [0.15, 0.2) is 66.6 Å². The fourth-order valence-electron chi connectivity index (χ4n) is 3.46. The summed E-state index contributed by atoms with van der Waals surface area (Å²) < 4.78 is 21.0. The molecule has 0 saturated heterocycles. The van der Waals surface area contributed by atoms with Gasteiger partial charge in [0.15, 0.2) is 0 Å². The number of nitrogens with zero attached hydrogens (tertiary/aromatic N) is 3. The van der Waals surface area contributed by atoms with Crippen LogP contribution in [0.25, 0.3) is 0 Å². The Labute approximate surface area is 189 Å². The van der Waals surface area contributed by atoms with E-state index in [1.54, 1.807) is 42.9 Å². The van der Waals surface area contributed by atoms with Gasteiger partial charge in [0.05, 0.1) is 17.6 Å². The molecule has 1 unspecified atom stereocenters. The first kappa shape index (κ1) is 21.7. The maximum absolute atomic E-state index is 13.1. The highest BCUT2D eigenvalue weighted by molar-refractivity contribution is 7.09. The summed E-state index contributed by atoms with van der Waals surface area (Å²) in [5.41, 5.74) is 2.75. The van der Waals surface area contributed by atoms with Gasteiger partial charge in [-0.3, -0.25) is 0 Å². The van der Waals surface area contributed by atoms with E-state index in [-0.39, 0.29) is 24.0 Å². The second-order valence-corrected chi connectivity index (χ2v) is 8.34. The second-order valence-electron chi connectivity index (χ2n) is 7.41. The first-order valence-electron chi connectivity index (χ1n) is 10.1. The molecule has 0 radical (unpaired) electrons. The van der Waals surface area contributed by atoms with Crippen LogP contribution in [0.5, 0.6) is 5.75 Å². The molecule has 2 aromatic heterocycles. The lowest BCUT2D eigenvalue weighted by molar-refractivity contribution is 0.0695. The molecule has 4 aromatic rings. The minimum atomic E-state index is -1.01. The number of benzene rings is 2. The lowest BCUT2D eigenvalue weighted by atomic mass is 9.99. The van der Waals surface area contributed by atoms with Gasteiger partial charge in [-0.15, -0.1) is 11.3 Å². The average Bonchev–Trinajstić information content (AvgIpc) is 3.46. The predicted molar refractivity (Wildman–Crippen MR) is 120 cm³/mol. The van der Waals surface area contributed by atoms with Crippen molar-refractivity contribution in [3.8, 4) is 5.75 Å². The lowest BCUT2D eigenvalue weighted by Gasteiger charge is -2.18. The van der Waals surface area contributed by atoms with E-state index in [1.165, 1.54) is 23.5 Å². The number of carboxylic acid groups (broad SMARTS) is 1. The highest BCUT2D eigenvalue weighted by Gasteiger charge is 2.19. The van der Waals surface area contributed by atoms with Crippen LogP contribution in [0.4, 0.5) is 4.39 Å². The molecule has 4 rings (SSSR count). The molecule has 0 saturated carbocycles. The maximum atomic E-state index is 13.1. The summed E-state index contributed by atoms with van der Waals surface area (Å²) in [6.07, 6.45) is 6.56. The molecule has 0 fully saturated rings. The Hall–Kier alpha value is -3.52. The normalized spacial score (nSPS) is 11.9. The quantitative estimate of drug-likeness (QED) is 0.390. The van der Waals surface area contributed by atoms with Crippen LogP contribution in [-0.2, 0) is 12.8 Å². The molecular weight excluding hydrogens is 429 g/mol. The summed E-state index contributed by atoms with van der Waals surface area (Å²) in [5, 5.41) is 12.5. The molecule has 0 spiro atoms. The fourth-order valence-corrected chi connectivity index (χ4v) is 4.19. The Kier molecular flexibility index (Phi) is 6.61. The fraction of sp³-hybridized carbons (Fsp3) is 0.208. The van der Waals surface area contributed by atoms with E-state index >= 15 is 0 Å². The van der Waals surface area contributed by atoms with Crippen molar-refractivity contribution >= 4 is 17.3 Å². The van der Waals surface area contributed by atoms with Crippen molar-refractivity contribution < 1.29 is 19.0 Å². The smallest absolute Gasteiger partial charge is 0.336 e. The SMILES string of the molecule is Cc1cn(C(COc2ccc(CCc3ccc(F)cc3)c(C(=O)O)c2)c2nccs2)cn1. The second kappa shape index (κ2) is 9.74. The number of thiazole rings is 1. The van der Waals surface area contributed by atoms with Crippen molar-refractivity contribution in [2.75, 3.05) is 6.61 Å². The van der Waals surface area contributed by atoms with Gasteiger partial charge in [0.1, 0.15) is 29.2 Å². The molecule has 1 atom stereocenters. The minimum Gasteiger partial charge on any atom is -0.491 e. The van der Waals surface area contributed by atoms with E-state index < -0.39 is 5.97 Å². The Morgan fingerprint density at radius 1 is 1.19 bits per heavy atom. The van der Waals surface area contributed by atoms with E-state index in [0.29, 0.717) is 24.2 Å².